The van der Waals surface area contributed by atoms with Crippen LogP contribution < -0.4 is 4.74 Å². The molecule has 3 rings (SSSR count). The maximum atomic E-state index is 12.7. The van der Waals surface area contributed by atoms with Crippen molar-refractivity contribution in [2.45, 2.75) is 96.0 Å². The Kier molecular flexibility index (Phi) is 12.3. The molecule has 0 heterocycles. The first-order chi connectivity index (χ1) is 18.0. The van der Waals surface area contributed by atoms with Gasteiger partial charge in [0.2, 0.25) is 0 Å². The van der Waals surface area contributed by atoms with Crippen LogP contribution in [0.15, 0.2) is 49.3 Å². The molecule has 202 valence electrons. The SMILES string of the molecule is C#CC(CC1CCC(CCC)CC1)c1ccc(OC(=O)C2CCC(OCCCOC(=C)C=C)CC2)cc1. The van der Waals surface area contributed by atoms with Crippen molar-refractivity contribution in [1.29, 1.82) is 0 Å². The van der Waals surface area contributed by atoms with E-state index in [9.17, 15) is 4.79 Å². The van der Waals surface area contributed by atoms with E-state index in [1.807, 2.05) is 24.3 Å². The number of benzene rings is 1. The molecule has 0 aromatic heterocycles. The number of allylic oxidation sites excluding steroid dienone is 1. The average molecular weight is 507 g/mol. The van der Waals surface area contributed by atoms with Crippen LogP contribution in [0.3, 0.4) is 0 Å². The summed E-state index contributed by atoms with van der Waals surface area (Å²) in [4.78, 5) is 12.7. The van der Waals surface area contributed by atoms with E-state index < -0.39 is 0 Å². The van der Waals surface area contributed by atoms with E-state index in [1.54, 1.807) is 6.08 Å². The minimum atomic E-state index is -0.139. The van der Waals surface area contributed by atoms with Gasteiger partial charge in [-0.2, -0.15) is 0 Å². The molecule has 1 unspecified atom stereocenters. The number of esters is 1. The van der Waals surface area contributed by atoms with Crippen LogP contribution in [0.2, 0.25) is 0 Å². The molecule has 4 nitrogen and oxygen atoms in total. The van der Waals surface area contributed by atoms with Gasteiger partial charge in [-0.3, -0.25) is 4.79 Å². The van der Waals surface area contributed by atoms with E-state index in [-0.39, 0.29) is 23.9 Å². The monoisotopic (exact) mass is 506 g/mol. The molecular formula is C33H46O4. The quantitative estimate of drug-likeness (QED) is 0.0640. The van der Waals surface area contributed by atoms with E-state index >= 15 is 0 Å². The van der Waals surface area contributed by atoms with Gasteiger partial charge >= 0.3 is 5.97 Å². The predicted octanol–water partition coefficient (Wildman–Crippen LogP) is 7.99. The van der Waals surface area contributed by atoms with Crippen LogP contribution in [0.1, 0.15) is 95.5 Å². The molecule has 4 heteroatoms. The van der Waals surface area contributed by atoms with Crippen molar-refractivity contribution in [1.82, 2.24) is 0 Å². The molecule has 0 aliphatic heterocycles. The summed E-state index contributed by atoms with van der Waals surface area (Å²) in [7, 11) is 0. The molecule has 1 aromatic carbocycles. The van der Waals surface area contributed by atoms with E-state index in [4.69, 9.17) is 20.6 Å². The van der Waals surface area contributed by atoms with Gasteiger partial charge < -0.3 is 14.2 Å². The van der Waals surface area contributed by atoms with Gasteiger partial charge in [0, 0.05) is 12.3 Å². The van der Waals surface area contributed by atoms with Gasteiger partial charge in [-0.05, 0) is 67.7 Å². The van der Waals surface area contributed by atoms with Crippen molar-refractivity contribution in [3.63, 3.8) is 0 Å². The smallest absolute Gasteiger partial charge is 0.314 e. The van der Waals surface area contributed by atoms with Gasteiger partial charge in [0.25, 0.3) is 0 Å². The summed E-state index contributed by atoms with van der Waals surface area (Å²) in [6.07, 6.45) is 20.9. The Bertz CT molecular complexity index is 880. The topological polar surface area (TPSA) is 44.8 Å². The third kappa shape index (κ3) is 9.71. The van der Waals surface area contributed by atoms with Crippen molar-refractivity contribution in [2.75, 3.05) is 13.2 Å². The van der Waals surface area contributed by atoms with Crippen LogP contribution in [-0.2, 0) is 14.3 Å². The zero-order valence-corrected chi connectivity index (χ0v) is 22.8. The van der Waals surface area contributed by atoms with Gasteiger partial charge in [-0.15, -0.1) is 6.42 Å². The van der Waals surface area contributed by atoms with Crippen molar-refractivity contribution in [2.24, 2.45) is 17.8 Å². The van der Waals surface area contributed by atoms with Crippen molar-refractivity contribution in [3.05, 3.63) is 54.8 Å². The average Bonchev–Trinajstić information content (AvgIpc) is 2.93. The van der Waals surface area contributed by atoms with E-state index in [0.717, 1.165) is 55.9 Å². The van der Waals surface area contributed by atoms with Gasteiger partial charge in [-0.1, -0.05) is 76.7 Å². The number of terminal acetylenes is 1. The van der Waals surface area contributed by atoms with Crippen LogP contribution in [0.25, 0.3) is 0 Å². The Labute approximate surface area is 224 Å². The van der Waals surface area contributed by atoms with Crippen LogP contribution in [0.4, 0.5) is 0 Å². The molecule has 2 aliphatic carbocycles. The Balaban J connectivity index is 1.37. The summed E-state index contributed by atoms with van der Waals surface area (Å²) in [6, 6.07) is 7.87. The maximum absolute atomic E-state index is 12.7. The van der Waals surface area contributed by atoms with E-state index in [1.165, 1.54) is 38.5 Å². The van der Waals surface area contributed by atoms with E-state index in [0.29, 0.717) is 24.7 Å². The largest absolute Gasteiger partial charge is 0.494 e. The minimum absolute atomic E-state index is 0.0694. The molecule has 1 atom stereocenters. The highest BCUT2D eigenvalue weighted by atomic mass is 16.5. The zero-order chi connectivity index (χ0) is 26.5. The third-order valence-corrected chi connectivity index (χ3v) is 8.10. The number of ether oxygens (including phenoxy) is 3. The molecule has 0 radical (unpaired) electrons. The second kappa shape index (κ2) is 15.7. The van der Waals surface area contributed by atoms with Crippen LogP contribution in [-0.4, -0.2) is 25.3 Å². The lowest BCUT2D eigenvalue weighted by Gasteiger charge is -2.30. The summed E-state index contributed by atoms with van der Waals surface area (Å²) in [6.45, 7) is 10.9. The highest BCUT2D eigenvalue weighted by Crippen LogP contribution is 2.37. The highest BCUT2D eigenvalue weighted by Gasteiger charge is 2.28. The van der Waals surface area contributed by atoms with Crippen molar-refractivity contribution < 1.29 is 19.0 Å². The first-order valence-corrected chi connectivity index (χ1v) is 14.4. The molecule has 1 aromatic rings. The molecule has 2 aliphatic rings. The Morgan fingerprint density at radius 3 is 2.35 bits per heavy atom. The fourth-order valence-corrected chi connectivity index (χ4v) is 5.80. The summed E-state index contributed by atoms with van der Waals surface area (Å²) in [5, 5.41) is 0. The molecule has 0 spiro atoms. The standard InChI is InChI=1S/C33H46O4/c1-5-9-26-10-12-27(13-11-26)24-28(7-3)29-14-20-32(21-15-29)37-33(34)30-16-18-31(19-17-30)36-23-8-22-35-25(4)6-2/h3,6,14-15,20-21,26-28,30-31H,2,4-5,8-13,16-19,22-24H2,1H3. The van der Waals surface area contributed by atoms with Gasteiger partial charge in [0.05, 0.1) is 25.2 Å². The third-order valence-electron chi connectivity index (χ3n) is 8.10. The molecule has 0 bridgehead atoms. The van der Waals surface area contributed by atoms with Crippen LogP contribution >= 0.6 is 0 Å². The minimum Gasteiger partial charge on any atom is -0.494 e. The summed E-state index contributed by atoms with van der Waals surface area (Å²) in [5.74, 6) is 5.75. The number of carbonyl (C=O) groups excluding carboxylic acids is 1. The van der Waals surface area contributed by atoms with Gasteiger partial charge in [0.1, 0.15) is 11.5 Å². The fourth-order valence-electron chi connectivity index (χ4n) is 5.80. The number of hydrogen-bond acceptors (Lipinski definition) is 4. The molecule has 0 amide bonds. The lowest BCUT2D eigenvalue weighted by Crippen LogP contribution is -2.29. The predicted molar refractivity (Wildman–Crippen MR) is 150 cm³/mol. The van der Waals surface area contributed by atoms with Crippen molar-refractivity contribution >= 4 is 5.97 Å². The second-order valence-corrected chi connectivity index (χ2v) is 10.8. The Morgan fingerprint density at radius 2 is 1.73 bits per heavy atom. The second-order valence-electron chi connectivity index (χ2n) is 10.8. The van der Waals surface area contributed by atoms with Crippen LogP contribution in [0.5, 0.6) is 5.75 Å². The van der Waals surface area contributed by atoms with E-state index in [2.05, 4.69) is 26.0 Å². The van der Waals surface area contributed by atoms with Crippen molar-refractivity contribution in [3.8, 4) is 18.1 Å². The summed E-state index contributed by atoms with van der Waals surface area (Å²) >= 11 is 0. The maximum Gasteiger partial charge on any atom is 0.314 e. The van der Waals surface area contributed by atoms with Gasteiger partial charge in [-0.25, -0.2) is 0 Å². The molecule has 2 fully saturated rings. The normalized spacial score (nSPS) is 24.4. The lowest BCUT2D eigenvalue weighted by molar-refractivity contribution is -0.141. The first-order valence-electron chi connectivity index (χ1n) is 14.4. The number of rotatable bonds is 14. The van der Waals surface area contributed by atoms with Gasteiger partial charge in [0.15, 0.2) is 0 Å². The first kappa shape index (κ1) is 29.1. The molecular weight excluding hydrogens is 460 g/mol. The lowest BCUT2D eigenvalue weighted by atomic mass is 9.76. The summed E-state index contributed by atoms with van der Waals surface area (Å²) < 4.78 is 17.1. The number of hydrogen-bond donors (Lipinski definition) is 0. The number of carbonyl (C=O) groups is 1. The zero-order valence-electron chi connectivity index (χ0n) is 22.8. The van der Waals surface area contributed by atoms with Crippen LogP contribution in [0, 0.1) is 30.1 Å². The molecule has 0 N–H and O–H groups in total. The Morgan fingerprint density at radius 1 is 1.05 bits per heavy atom. The molecule has 0 saturated heterocycles. The summed E-state index contributed by atoms with van der Waals surface area (Å²) in [5.41, 5.74) is 1.15. The molecule has 37 heavy (non-hydrogen) atoms. The fraction of sp³-hybridized carbons (Fsp3) is 0.606. The molecule has 2 saturated carbocycles. The highest BCUT2D eigenvalue weighted by molar-refractivity contribution is 5.75. The Hall–Kier alpha value is -2.51.